The van der Waals surface area contributed by atoms with Gasteiger partial charge in [-0.05, 0) is 5.92 Å². The van der Waals surface area contributed by atoms with Gasteiger partial charge in [0, 0.05) is 13.0 Å². The third kappa shape index (κ3) is 3.85. The number of aryl methyl sites for hydroxylation is 1. The zero-order chi connectivity index (χ0) is 12.8. The molecule has 0 aromatic carbocycles. The van der Waals surface area contributed by atoms with Crippen LogP contribution in [0, 0.1) is 11.8 Å². The molecule has 0 bridgehead atoms. The van der Waals surface area contributed by atoms with Gasteiger partial charge in [0.05, 0.1) is 18.7 Å². The molecule has 96 valence electrons. The van der Waals surface area contributed by atoms with E-state index in [9.17, 15) is 4.79 Å². The van der Waals surface area contributed by atoms with Gasteiger partial charge >= 0.3 is 0 Å². The predicted octanol–water partition coefficient (Wildman–Crippen LogP) is 1.08. The van der Waals surface area contributed by atoms with Crippen molar-refractivity contribution < 1.29 is 9.21 Å². The largest absolute Gasteiger partial charge is 0.444 e. The Balaban J connectivity index is 2.47. The molecular weight excluding hydrogens is 218 g/mol. The summed E-state index contributed by atoms with van der Waals surface area (Å²) in [7, 11) is 0. The van der Waals surface area contributed by atoms with Gasteiger partial charge in [-0.15, -0.1) is 0 Å². The summed E-state index contributed by atoms with van der Waals surface area (Å²) >= 11 is 0. The topological polar surface area (TPSA) is 81.2 Å². The predicted molar refractivity (Wildman–Crippen MR) is 65.1 cm³/mol. The van der Waals surface area contributed by atoms with Crippen LogP contribution >= 0.6 is 0 Å². The third-order valence-electron chi connectivity index (χ3n) is 2.76. The summed E-state index contributed by atoms with van der Waals surface area (Å²) in [5.74, 6) is 1.40. The first-order chi connectivity index (χ1) is 8.08. The zero-order valence-electron chi connectivity index (χ0n) is 10.7. The van der Waals surface area contributed by atoms with Crippen LogP contribution in [0.3, 0.4) is 0 Å². The van der Waals surface area contributed by atoms with Gasteiger partial charge in [-0.1, -0.05) is 20.8 Å². The average Bonchev–Trinajstić information content (AvgIpc) is 2.74. The van der Waals surface area contributed by atoms with Gasteiger partial charge in [0.25, 0.3) is 0 Å². The molecule has 0 spiro atoms. The molecule has 5 heteroatoms. The number of carbonyl (C=O) groups is 1. The van der Waals surface area contributed by atoms with Crippen molar-refractivity contribution in [1.82, 2.24) is 10.3 Å². The molecule has 1 rings (SSSR count). The van der Waals surface area contributed by atoms with Crippen LogP contribution in [0.5, 0.6) is 0 Å². The van der Waals surface area contributed by atoms with Crippen LogP contribution in [0.2, 0.25) is 0 Å². The summed E-state index contributed by atoms with van der Waals surface area (Å²) < 4.78 is 5.40. The molecule has 1 amide bonds. The Morgan fingerprint density at radius 3 is 2.76 bits per heavy atom. The normalized spacial score (nSPS) is 12.8. The van der Waals surface area contributed by atoms with Crippen molar-refractivity contribution in [3.63, 3.8) is 0 Å². The highest BCUT2D eigenvalue weighted by atomic mass is 16.4. The number of rotatable bonds is 6. The molecule has 5 nitrogen and oxygen atoms in total. The summed E-state index contributed by atoms with van der Waals surface area (Å²) in [5.41, 5.74) is 5.57. The average molecular weight is 239 g/mol. The van der Waals surface area contributed by atoms with Crippen LogP contribution in [0.1, 0.15) is 32.4 Å². The SMILES string of the molecule is CCc1cnc(CNC(=O)C(CN)C(C)C)o1. The number of amides is 1. The Bertz CT molecular complexity index is 360. The molecule has 1 atom stereocenters. The number of aromatic nitrogens is 1. The first kappa shape index (κ1) is 13.7. The van der Waals surface area contributed by atoms with Gasteiger partial charge in [0.2, 0.25) is 11.8 Å². The van der Waals surface area contributed by atoms with E-state index in [1.54, 1.807) is 6.20 Å². The molecular formula is C12H21N3O2. The minimum atomic E-state index is -0.157. The minimum Gasteiger partial charge on any atom is -0.444 e. The lowest BCUT2D eigenvalue weighted by Crippen LogP contribution is -2.37. The molecule has 3 N–H and O–H groups in total. The van der Waals surface area contributed by atoms with Gasteiger partial charge in [-0.2, -0.15) is 0 Å². The first-order valence-corrected chi connectivity index (χ1v) is 5.99. The van der Waals surface area contributed by atoms with Gasteiger partial charge < -0.3 is 15.5 Å². The van der Waals surface area contributed by atoms with Crippen LogP contribution in [0.15, 0.2) is 10.6 Å². The number of nitrogens with zero attached hydrogens (tertiary/aromatic N) is 1. The Labute approximate surface area is 102 Å². The molecule has 0 radical (unpaired) electrons. The van der Waals surface area contributed by atoms with Gasteiger partial charge in [0.1, 0.15) is 5.76 Å². The monoisotopic (exact) mass is 239 g/mol. The number of nitrogens with two attached hydrogens (primary N) is 1. The van der Waals surface area contributed by atoms with Crippen LogP contribution < -0.4 is 11.1 Å². The number of carbonyl (C=O) groups excluding carboxylic acids is 1. The van der Waals surface area contributed by atoms with Gasteiger partial charge in [0.15, 0.2) is 0 Å². The molecule has 1 unspecified atom stereocenters. The fraction of sp³-hybridized carbons (Fsp3) is 0.667. The summed E-state index contributed by atoms with van der Waals surface area (Å²) in [5, 5.41) is 2.79. The van der Waals surface area contributed by atoms with Crippen molar-refractivity contribution in [2.24, 2.45) is 17.6 Å². The summed E-state index contributed by atoms with van der Waals surface area (Å²) in [6, 6.07) is 0. The maximum Gasteiger partial charge on any atom is 0.225 e. The molecule has 0 aliphatic carbocycles. The Morgan fingerprint density at radius 1 is 1.59 bits per heavy atom. The highest BCUT2D eigenvalue weighted by molar-refractivity contribution is 5.78. The van der Waals surface area contributed by atoms with Crippen LogP contribution in [0.25, 0.3) is 0 Å². The van der Waals surface area contributed by atoms with Crippen molar-refractivity contribution in [3.05, 3.63) is 17.8 Å². The van der Waals surface area contributed by atoms with Gasteiger partial charge in [-0.25, -0.2) is 4.98 Å². The molecule has 0 saturated heterocycles. The number of hydrogen-bond acceptors (Lipinski definition) is 4. The second-order valence-electron chi connectivity index (χ2n) is 4.38. The molecule has 1 aromatic rings. The summed E-state index contributed by atoms with van der Waals surface area (Å²) in [4.78, 5) is 15.9. The maximum atomic E-state index is 11.8. The molecule has 0 fully saturated rings. The summed E-state index contributed by atoms with van der Waals surface area (Å²) in [6.45, 7) is 6.64. The maximum absolute atomic E-state index is 11.8. The highest BCUT2D eigenvalue weighted by Gasteiger charge is 2.20. The highest BCUT2D eigenvalue weighted by Crippen LogP contribution is 2.10. The van der Waals surface area contributed by atoms with E-state index in [1.807, 2.05) is 20.8 Å². The zero-order valence-corrected chi connectivity index (χ0v) is 10.7. The van der Waals surface area contributed by atoms with Crippen LogP contribution in [-0.4, -0.2) is 17.4 Å². The van der Waals surface area contributed by atoms with Crippen molar-refractivity contribution >= 4 is 5.91 Å². The lowest BCUT2D eigenvalue weighted by atomic mass is 9.95. The van der Waals surface area contributed by atoms with E-state index >= 15 is 0 Å². The molecule has 1 heterocycles. The number of hydrogen-bond donors (Lipinski definition) is 2. The van der Waals surface area contributed by atoms with E-state index in [-0.39, 0.29) is 17.7 Å². The van der Waals surface area contributed by atoms with Crippen molar-refractivity contribution in [1.29, 1.82) is 0 Å². The fourth-order valence-electron chi connectivity index (χ4n) is 1.57. The van der Waals surface area contributed by atoms with E-state index in [0.717, 1.165) is 12.2 Å². The van der Waals surface area contributed by atoms with Crippen molar-refractivity contribution in [2.75, 3.05) is 6.54 Å². The van der Waals surface area contributed by atoms with E-state index in [0.29, 0.717) is 19.0 Å². The minimum absolute atomic E-state index is 0.0428. The van der Waals surface area contributed by atoms with Crippen molar-refractivity contribution in [3.8, 4) is 0 Å². The fourth-order valence-corrected chi connectivity index (χ4v) is 1.57. The lowest BCUT2D eigenvalue weighted by Gasteiger charge is -2.17. The second-order valence-corrected chi connectivity index (χ2v) is 4.38. The molecule has 0 aliphatic heterocycles. The smallest absolute Gasteiger partial charge is 0.225 e. The number of oxazole rings is 1. The standard InChI is InChI=1S/C12H21N3O2/c1-4-9-6-14-11(17-9)7-15-12(16)10(5-13)8(2)3/h6,8,10H,4-5,7,13H2,1-3H3,(H,15,16). The third-order valence-corrected chi connectivity index (χ3v) is 2.76. The van der Waals surface area contributed by atoms with E-state index in [4.69, 9.17) is 10.2 Å². The molecule has 0 saturated carbocycles. The Kier molecular flexibility index (Phi) is 5.15. The van der Waals surface area contributed by atoms with E-state index in [1.165, 1.54) is 0 Å². The first-order valence-electron chi connectivity index (χ1n) is 5.99. The lowest BCUT2D eigenvalue weighted by molar-refractivity contribution is -0.126. The van der Waals surface area contributed by atoms with Gasteiger partial charge in [-0.3, -0.25) is 4.79 Å². The molecule has 0 aliphatic rings. The second kappa shape index (κ2) is 6.39. The molecule has 17 heavy (non-hydrogen) atoms. The molecule has 1 aromatic heterocycles. The van der Waals surface area contributed by atoms with Crippen molar-refractivity contribution in [2.45, 2.75) is 33.7 Å². The Morgan fingerprint density at radius 2 is 2.29 bits per heavy atom. The Hall–Kier alpha value is -1.36. The van der Waals surface area contributed by atoms with E-state index < -0.39 is 0 Å². The van der Waals surface area contributed by atoms with Crippen LogP contribution in [-0.2, 0) is 17.8 Å². The number of nitrogens with one attached hydrogen (secondary N) is 1. The summed E-state index contributed by atoms with van der Waals surface area (Å²) in [6.07, 6.45) is 2.49. The quantitative estimate of drug-likeness (QED) is 0.778. The van der Waals surface area contributed by atoms with E-state index in [2.05, 4.69) is 10.3 Å². The van der Waals surface area contributed by atoms with Crippen LogP contribution in [0.4, 0.5) is 0 Å².